The molecule has 0 atom stereocenters. The minimum Gasteiger partial charge on any atom is -0.478 e. The smallest absolute Gasteiger partial charge is 0.337 e. The van der Waals surface area contributed by atoms with Crippen molar-refractivity contribution in [1.29, 1.82) is 5.41 Å². The Morgan fingerprint density at radius 2 is 1.83 bits per heavy atom. The summed E-state index contributed by atoms with van der Waals surface area (Å²) in [5, 5.41) is 21.8. The summed E-state index contributed by atoms with van der Waals surface area (Å²) >= 11 is 0. The van der Waals surface area contributed by atoms with E-state index in [9.17, 15) is 9.59 Å². The van der Waals surface area contributed by atoms with Crippen LogP contribution in [0.3, 0.4) is 0 Å². The first-order valence-electron chi connectivity index (χ1n) is 7.68. The van der Waals surface area contributed by atoms with Crippen LogP contribution in [0.1, 0.15) is 36.0 Å². The molecular formula is C16H23ClN4O3. The molecule has 0 aromatic heterocycles. The molecule has 132 valence electrons. The van der Waals surface area contributed by atoms with Crippen LogP contribution in [-0.4, -0.2) is 29.5 Å². The van der Waals surface area contributed by atoms with Gasteiger partial charge in [0.25, 0.3) is 0 Å². The minimum atomic E-state index is -1.06. The number of guanidine groups is 1. The van der Waals surface area contributed by atoms with Gasteiger partial charge in [0.15, 0.2) is 5.96 Å². The summed E-state index contributed by atoms with van der Waals surface area (Å²) in [4.78, 5) is 23.5. The van der Waals surface area contributed by atoms with Crippen molar-refractivity contribution in [2.45, 2.75) is 25.7 Å². The summed E-state index contributed by atoms with van der Waals surface area (Å²) in [5.41, 5.74) is 5.71. The lowest BCUT2D eigenvalue weighted by Crippen LogP contribution is -2.36. The number of nitrogens with two attached hydrogens (primary N) is 1. The topological polar surface area (TPSA) is 128 Å². The van der Waals surface area contributed by atoms with E-state index in [-0.39, 0.29) is 35.8 Å². The Hall–Kier alpha value is -2.28. The third kappa shape index (κ3) is 5.42. The molecule has 1 fully saturated rings. The fraction of sp³-hybridized carbons (Fsp3) is 0.438. The van der Waals surface area contributed by atoms with Crippen molar-refractivity contribution in [3.8, 4) is 0 Å². The number of amides is 1. The van der Waals surface area contributed by atoms with E-state index in [1.165, 1.54) is 6.07 Å². The number of carboxylic acid groups (broad SMARTS) is 1. The van der Waals surface area contributed by atoms with Crippen LogP contribution >= 0.6 is 12.4 Å². The number of hydrogen-bond acceptors (Lipinski definition) is 3. The van der Waals surface area contributed by atoms with Crippen molar-refractivity contribution in [3.05, 3.63) is 29.8 Å². The van der Waals surface area contributed by atoms with Gasteiger partial charge in [-0.15, -0.1) is 12.4 Å². The quantitative estimate of drug-likeness (QED) is 0.408. The second kappa shape index (κ2) is 9.12. The number of halogens is 1. The summed E-state index contributed by atoms with van der Waals surface area (Å²) in [5.74, 6) is -0.911. The molecule has 1 saturated carbocycles. The van der Waals surface area contributed by atoms with E-state index >= 15 is 0 Å². The van der Waals surface area contributed by atoms with Crippen molar-refractivity contribution in [2.24, 2.45) is 17.6 Å². The summed E-state index contributed by atoms with van der Waals surface area (Å²) in [6.07, 6.45) is 3.29. The largest absolute Gasteiger partial charge is 0.478 e. The SMILES string of the molecule is Cl.N=C(N)NC[C@H]1CC[C@H](C(=O)Nc2ccccc2C(=O)O)CC1. The molecule has 1 aromatic carbocycles. The van der Waals surface area contributed by atoms with Gasteiger partial charge in [-0.25, -0.2) is 4.79 Å². The molecule has 6 N–H and O–H groups in total. The maximum absolute atomic E-state index is 12.3. The van der Waals surface area contributed by atoms with Gasteiger partial charge in [0.2, 0.25) is 5.91 Å². The molecule has 0 aliphatic heterocycles. The number of carbonyl (C=O) groups is 2. The van der Waals surface area contributed by atoms with E-state index in [2.05, 4.69) is 10.6 Å². The summed E-state index contributed by atoms with van der Waals surface area (Å²) in [6.45, 7) is 0.658. The zero-order chi connectivity index (χ0) is 16.8. The fourth-order valence-electron chi connectivity index (χ4n) is 2.90. The molecular weight excluding hydrogens is 332 g/mol. The van der Waals surface area contributed by atoms with E-state index in [0.29, 0.717) is 18.2 Å². The van der Waals surface area contributed by atoms with Gasteiger partial charge in [0, 0.05) is 12.5 Å². The number of rotatable bonds is 5. The molecule has 7 nitrogen and oxygen atoms in total. The normalized spacial score (nSPS) is 19.7. The second-order valence-electron chi connectivity index (χ2n) is 5.85. The van der Waals surface area contributed by atoms with Crippen molar-refractivity contribution in [2.75, 3.05) is 11.9 Å². The maximum Gasteiger partial charge on any atom is 0.337 e. The van der Waals surface area contributed by atoms with Gasteiger partial charge in [0.1, 0.15) is 0 Å². The summed E-state index contributed by atoms with van der Waals surface area (Å²) < 4.78 is 0. The molecule has 0 saturated heterocycles. The van der Waals surface area contributed by atoms with E-state index < -0.39 is 5.97 Å². The monoisotopic (exact) mass is 354 g/mol. The lowest BCUT2D eigenvalue weighted by molar-refractivity contribution is -0.121. The number of para-hydroxylation sites is 1. The van der Waals surface area contributed by atoms with Crippen LogP contribution in [0.5, 0.6) is 0 Å². The predicted molar refractivity (Wildman–Crippen MR) is 94.6 cm³/mol. The zero-order valence-corrected chi connectivity index (χ0v) is 14.1. The highest BCUT2D eigenvalue weighted by Gasteiger charge is 2.27. The highest BCUT2D eigenvalue weighted by molar-refractivity contribution is 6.01. The Morgan fingerprint density at radius 1 is 1.21 bits per heavy atom. The maximum atomic E-state index is 12.3. The third-order valence-corrected chi connectivity index (χ3v) is 4.21. The van der Waals surface area contributed by atoms with Crippen LogP contribution in [0.15, 0.2) is 24.3 Å². The molecule has 2 rings (SSSR count). The first-order chi connectivity index (χ1) is 11.0. The van der Waals surface area contributed by atoms with Gasteiger partial charge in [-0.2, -0.15) is 0 Å². The molecule has 1 amide bonds. The van der Waals surface area contributed by atoms with Gasteiger partial charge in [0.05, 0.1) is 11.3 Å². The zero-order valence-electron chi connectivity index (χ0n) is 13.2. The average molecular weight is 355 g/mol. The third-order valence-electron chi connectivity index (χ3n) is 4.21. The number of nitrogens with one attached hydrogen (secondary N) is 3. The van der Waals surface area contributed by atoms with Crippen LogP contribution in [0.25, 0.3) is 0 Å². The Balaban J connectivity index is 0.00000288. The highest BCUT2D eigenvalue weighted by atomic mass is 35.5. The number of anilines is 1. The van der Waals surface area contributed by atoms with Crippen molar-refractivity contribution in [3.63, 3.8) is 0 Å². The lowest BCUT2D eigenvalue weighted by atomic mass is 9.81. The first-order valence-corrected chi connectivity index (χ1v) is 7.68. The first kappa shape index (κ1) is 19.8. The second-order valence-corrected chi connectivity index (χ2v) is 5.85. The molecule has 24 heavy (non-hydrogen) atoms. The van der Waals surface area contributed by atoms with Crippen molar-refractivity contribution in [1.82, 2.24) is 5.32 Å². The van der Waals surface area contributed by atoms with Crippen LogP contribution < -0.4 is 16.4 Å². The number of aromatic carboxylic acids is 1. The molecule has 0 bridgehead atoms. The van der Waals surface area contributed by atoms with Gasteiger partial charge in [-0.1, -0.05) is 12.1 Å². The number of benzene rings is 1. The average Bonchev–Trinajstić information content (AvgIpc) is 2.53. The van der Waals surface area contributed by atoms with Gasteiger partial charge in [-0.05, 0) is 43.7 Å². The van der Waals surface area contributed by atoms with Crippen LogP contribution in [0.2, 0.25) is 0 Å². The van der Waals surface area contributed by atoms with E-state index in [0.717, 1.165) is 25.7 Å². The van der Waals surface area contributed by atoms with E-state index in [1.54, 1.807) is 18.2 Å². The minimum absolute atomic E-state index is 0. The number of carboxylic acids is 1. The van der Waals surface area contributed by atoms with Crippen molar-refractivity contribution < 1.29 is 14.7 Å². The molecule has 0 unspecified atom stereocenters. The molecule has 1 aliphatic carbocycles. The van der Waals surface area contributed by atoms with Crippen molar-refractivity contribution >= 4 is 35.9 Å². The number of hydrogen-bond donors (Lipinski definition) is 5. The van der Waals surface area contributed by atoms with Crippen LogP contribution in [0.4, 0.5) is 5.69 Å². The molecule has 0 spiro atoms. The van der Waals surface area contributed by atoms with E-state index in [1.807, 2.05) is 0 Å². The van der Waals surface area contributed by atoms with Crippen LogP contribution in [-0.2, 0) is 4.79 Å². The lowest BCUT2D eigenvalue weighted by Gasteiger charge is -2.28. The van der Waals surface area contributed by atoms with Gasteiger partial charge >= 0.3 is 5.97 Å². The molecule has 0 radical (unpaired) electrons. The molecule has 1 aromatic rings. The highest BCUT2D eigenvalue weighted by Crippen LogP contribution is 2.29. The standard InChI is InChI=1S/C16H22N4O3.ClH/c17-16(18)19-9-10-5-7-11(8-6-10)14(21)20-13-4-2-1-3-12(13)15(22)23;/h1-4,10-11H,5-9H2,(H,20,21)(H,22,23)(H4,17,18,19);1H/t10-,11-;. The van der Waals surface area contributed by atoms with Gasteiger partial charge < -0.3 is 21.5 Å². The van der Waals surface area contributed by atoms with Gasteiger partial charge in [-0.3, -0.25) is 10.2 Å². The molecule has 8 heteroatoms. The predicted octanol–water partition coefficient (Wildman–Crippen LogP) is 2.03. The molecule has 0 heterocycles. The number of carbonyl (C=O) groups excluding carboxylic acids is 1. The fourth-order valence-corrected chi connectivity index (χ4v) is 2.90. The molecule has 1 aliphatic rings. The van der Waals surface area contributed by atoms with E-state index in [4.69, 9.17) is 16.2 Å². The Morgan fingerprint density at radius 3 is 2.42 bits per heavy atom. The Kier molecular flexibility index (Phi) is 7.51. The Labute approximate surface area is 146 Å². The van der Waals surface area contributed by atoms with Crippen LogP contribution in [0, 0.1) is 17.2 Å². The summed E-state index contributed by atoms with van der Waals surface area (Å²) in [7, 11) is 0. The summed E-state index contributed by atoms with van der Waals surface area (Å²) in [6, 6.07) is 6.41. The Bertz CT molecular complexity index is 601.